The van der Waals surface area contributed by atoms with Crippen molar-refractivity contribution in [2.45, 2.75) is 19.5 Å². The third-order valence-electron chi connectivity index (χ3n) is 5.53. The predicted molar refractivity (Wildman–Crippen MR) is 130 cm³/mol. The summed E-state index contributed by atoms with van der Waals surface area (Å²) in [6.45, 7) is 3.18. The molecule has 0 spiro atoms. The minimum Gasteiger partial charge on any atom is -0.493 e. The van der Waals surface area contributed by atoms with Crippen molar-refractivity contribution in [2.24, 2.45) is 5.92 Å². The van der Waals surface area contributed by atoms with E-state index in [1.807, 2.05) is 60.7 Å². The molecule has 170 valence electrons. The van der Waals surface area contributed by atoms with Gasteiger partial charge in [0.1, 0.15) is 5.75 Å². The zero-order chi connectivity index (χ0) is 22.9. The van der Waals surface area contributed by atoms with Gasteiger partial charge in [-0.15, -0.1) is 0 Å². The van der Waals surface area contributed by atoms with Gasteiger partial charge in [0.25, 0.3) is 0 Å². The Morgan fingerprint density at radius 3 is 2.64 bits per heavy atom. The molecule has 1 aromatic heterocycles. The average molecular weight is 463 g/mol. The summed E-state index contributed by atoms with van der Waals surface area (Å²) in [5, 5.41) is 0.611. The van der Waals surface area contributed by atoms with Gasteiger partial charge in [-0.25, -0.2) is 0 Å². The first-order chi connectivity index (χ1) is 16.2. The molecule has 0 radical (unpaired) electrons. The minimum atomic E-state index is -0.0969. The van der Waals surface area contributed by atoms with E-state index in [9.17, 15) is 4.79 Å². The van der Waals surface area contributed by atoms with Crippen LogP contribution in [0.3, 0.4) is 0 Å². The van der Waals surface area contributed by atoms with Gasteiger partial charge in [-0.1, -0.05) is 48.0 Å². The number of halogens is 1. The van der Waals surface area contributed by atoms with Crippen LogP contribution < -0.4 is 4.74 Å². The first-order valence-electron chi connectivity index (χ1n) is 11.1. The quantitative estimate of drug-likeness (QED) is 0.400. The van der Waals surface area contributed by atoms with Crippen LogP contribution in [0.25, 0.3) is 6.08 Å². The molecule has 1 unspecified atom stereocenters. The van der Waals surface area contributed by atoms with E-state index in [1.54, 1.807) is 29.4 Å². The Morgan fingerprint density at radius 1 is 1.09 bits per heavy atom. The highest BCUT2D eigenvalue weighted by atomic mass is 35.5. The monoisotopic (exact) mass is 462 g/mol. The van der Waals surface area contributed by atoms with E-state index in [4.69, 9.17) is 21.1 Å². The molecular formula is C27H27ClN2O3. The molecule has 1 aliphatic rings. The summed E-state index contributed by atoms with van der Waals surface area (Å²) in [5.41, 5.74) is 2.80. The molecule has 2 heterocycles. The maximum atomic E-state index is 13.1. The van der Waals surface area contributed by atoms with Crippen molar-refractivity contribution in [1.29, 1.82) is 0 Å². The number of benzene rings is 2. The van der Waals surface area contributed by atoms with Gasteiger partial charge in [-0.05, 0) is 53.5 Å². The van der Waals surface area contributed by atoms with Gasteiger partial charge in [-0.3, -0.25) is 9.78 Å². The van der Waals surface area contributed by atoms with Gasteiger partial charge in [0.05, 0.1) is 13.2 Å². The summed E-state index contributed by atoms with van der Waals surface area (Å²) in [6.07, 6.45) is 7.87. The van der Waals surface area contributed by atoms with E-state index >= 15 is 0 Å². The molecule has 1 aliphatic heterocycles. The van der Waals surface area contributed by atoms with Crippen molar-refractivity contribution >= 4 is 23.6 Å². The van der Waals surface area contributed by atoms with Crippen LogP contribution in [-0.2, 0) is 22.6 Å². The summed E-state index contributed by atoms with van der Waals surface area (Å²) < 4.78 is 11.3. The first kappa shape index (κ1) is 23.0. The Kier molecular flexibility index (Phi) is 8.12. The van der Waals surface area contributed by atoms with Gasteiger partial charge in [-0.2, -0.15) is 0 Å². The van der Waals surface area contributed by atoms with Gasteiger partial charge in [0.15, 0.2) is 0 Å². The van der Waals surface area contributed by atoms with Gasteiger partial charge < -0.3 is 14.4 Å². The molecule has 1 saturated heterocycles. The Balaban J connectivity index is 1.43. The molecule has 1 atom stereocenters. The van der Waals surface area contributed by atoms with Crippen LogP contribution >= 0.6 is 11.6 Å². The van der Waals surface area contributed by atoms with E-state index < -0.39 is 0 Å². The standard InChI is InChI=1S/C27H27ClN2O3/c28-26-6-2-1-5-24(26)9-12-27(31)30(18-22-4-3-14-29-16-22)17-21-7-10-25(11-8-21)33-20-23-13-15-32-19-23/h1-12,14,16,23H,13,15,17-20H2/b12-9+. The largest absolute Gasteiger partial charge is 0.493 e. The third-order valence-corrected chi connectivity index (χ3v) is 5.87. The molecule has 4 rings (SSSR count). The van der Waals surface area contributed by atoms with Crippen LogP contribution in [0.5, 0.6) is 5.75 Å². The second-order valence-electron chi connectivity index (χ2n) is 8.09. The lowest BCUT2D eigenvalue weighted by molar-refractivity contribution is -0.127. The number of carbonyl (C=O) groups excluding carboxylic acids is 1. The molecule has 0 saturated carbocycles. The number of hydrogen-bond donors (Lipinski definition) is 0. The lowest BCUT2D eigenvalue weighted by atomic mass is 10.1. The fourth-order valence-corrected chi connectivity index (χ4v) is 3.84. The highest BCUT2D eigenvalue weighted by Gasteiger charge is 2.16. The number of rotatable bonds is 9. The fourth-order valence-electron chi connectivity index (χ4n) is 3.64. The Labute approximate surface area is 199 Å². The number of hydrogen-bond acceptors (Lipinski definition) is 4. The van der Waals surface area contributed by atoms with Crippen molar-refractivity contribution in [3.63, 3.8) is 0 Å². The normalized spacial score (nSPS) is 15.6. The van der Waals surface area contributed by atoms with E-state index in [-0.39, 0.29) is 5.91 Å². The van der Waals surface area contributed by atoms with E-state index in [0.717, 1.165) is 42.1 Å². The molecule has 1 amide bonds. The first-order valence-corrected chi connectivity index (χ1v) is 11.4. The Bertz CT molecular complexity index is 1060. The molecule has 0 N–H and O–H groups in total. The van der Waals surface area contributed by atoms with Crippen molar-refractivity contribution in [2.75, 3.05) is 19.8 Å². The highest BCUT2D eigenvalue weighted by molar-refractivity contribution is 6.32. The molecule has 3 aromatic rings. The highest BCUT2D eigenvalue weighted by Crippen LogP contribution is 2.20. The van der Waals surface area contributed by atoms with Crippen LogP contribution in [0.15, 0.2) is 79.1 Å². The Hall–Kier alpha value is -3.15. The molecule has 2 aromatic carbocycles. The third kappa shape index (κ3) is 6.91. The molecule has 33 heavy (non-hydrogen) atoms. The molecule has 5 nitrogen and oxygen atoms in total. The fraction of sp³-hybridized carbons (Fsp3) is 0.259. The average Bonchev–Trinajstić information content (AvgIpc) is 3.37. The van der Waals surface area contributed by atoms with Crippen LogP contribution in [0.4, 0.5) is 0 Å². The predicted octanol–water partition coefficient (Wildman–Crippen LogP) is 5.39. The van der Waals surface area contributed by atoms with E-state index in [0.29, 0.717) is 30.6 Å². The zero-order valence-electron chi connectivity index (χ0n) is 18.4. The number of aromatic nitrogens is 1. The summed E-state index contributed by atoms with van der Waals surface area (Å²) in [4.78, 5) is 19.1. The number of carbonyl (C=O) groups is 1. The lowest BCUT2D eigenvalue weighted by Gasteiger charge is -2.22. The van der Waals surface area contributed by atoms with Gasteiger partial charge >= 0.3 is 0 Å². The molecular weight excluding hydrogens is 436 g/mol. The van der Waals surface area contributed by atoms with Crippen LogP contribution in [-0.4, -0.2) is 35.6 Å². The van der Waals surface area contributed by atoms with Crippen LogP contribution in [0.1, 0.15) is 23.1 Å². The van der Waals surface area contributed by atoms with Crippen LogP contribution in [0, 0.1) is 5.92 Å². The number of nitrogens with zero attached hydrogens (tertiary/aromatic N) is 2. The SMILES string of the molecule is O=C(/C=C/c1ccccc1Cl)N(Cc1ccc(OCC2CCOC2)cc1)Cc1cccnc1. The summed E-state index contributed by atoms with van der Waals surface area (Å²) in [6, 6.07) is 19.2. The van der Waals surface area contributed by atoms with Crippen molar-refractivity contribution < 1.29 is 14.3 Å². The van der Waals surface area contributed by atoms with Crippen molar-refractivity contribution in [3.8, 4) is 5.75 Å². The topological polar surface area (TPSA) is 51.7 Å². The van der Waals surface area contributed by atoms with Crippen molar-refractivity contribution in [1.82, 2.24) is 9.88 Å². The minimum absolute atomic E-state index is 0.0969. The lowest BCUT2D eigenvalue weighted by Crippen LogP contribution is -2.28. The summed E-state index contributed by atoms with van der Waals surface area (Å²) in [7, 11) is 0. The summed E-state index contributed by atoms with van der Waals surface area (Å²) >= 11 is 6.23. The van der Waals surface area contributed by atoms with E-state index in [1.165, 1.54) is 0 Å². The molecule has 0 aliphatic carbocycles. The maximum absolute atomic E-state index is 13.1. The molecule has 1 fully saturated rings. The number of ether oxygens (including phenoxy) is 2. The Morgan fingerprint density at radius 2 is 1.91 bits per heavy atom. The number of amides is 1. The molecule has 0 bridgehead atoms. The molecule has 6 heteroatoms. The van der Waals surface area contributed by atoms with Crippen molar-refractivity contribution in [3.05, 3.63) is 101 Å². The zero-order valence-corrected chi connectivity index (χ0v) is 19.2. The maximum Gasteiger partial charge on any atom is 0.247 e. The second kappa shape index (κ2) is 11.6. The summed E-state index contributed by atoms with van der Waals surface area (Å²) in [5.74, 6) is 1.19. The van der Waals surface area contributed by atoms with Gasteiger partial charge in [0, 0.05) is 49.1 Å². The smallest absolute Gasteiger partial charge is 0.247 e. The second-order valence-corrected chi connectivity index (χ2v) is 8.50. The van der Waals surface area contributed by atoms with Crippen LogP contribution in [0.2, 0.25) is 5.02 Å². The van der Waals surface area contributed by atoms with Gasteiger partial charge in [0.2, 0.25) is 5.91 Å². The van der Waals surface area contributed by atoms with E-state index in [2.05, 4.69) is 4.98 Å². The number of pyridine rings is 1.